The number of para-hydroxylation sites is 1. The first kappa shape index (κ1) is 22.1. The van der Waals surface area contributed by atoms with Crippen LogP contribution in [0, 0.1) is 19.7 Å². The lowest BCUT2D eigenvalue weighted by Gasteiger charge is -2.32. The van der Waals surface area contributed by atoms with E-state index in [-0.39, 0.29) is 23.9 Å². The van der Waals surface area contributed by atoms with Crippen molar-refractivity contribution >= 4 is 11.6 Å². The standard InChI is InChI=1S/C26H29FN4O/c1-18-22(15-25(32)30-24-13-7-6-12-23(24)27)19(2)29-26(28-18)21-11-8-14-31(17-21)16-20-9-4-3-5-10-20/h3-7,9-10,12-13,21H,8,11,14-17H2,1-2H3,(H,30,32). The number of rotatable bonds is 6. The van der Waals surface area contributed by atoms with E-state index < -0.39 is 5.82 Å². The first-order chi connectivity index (χ1) is 15.5. The molecule has 1 N–H and O–H groups in total. The molecule has 3 aromatic rings. The number of benzene rings is 2. The van der Waals surface area contributed by atoms with Crippen molar-refractivity contribution in [3.05, 3.63) is 88.8 Å². The van der Waals surface area contributed by atoms with E-state index in [2.05, 4.69) is 34.5 Å². The normalized spacial score (nSPS) is 16.7. The fourth-order valence-electron chi connectivity index (χ4n) is 4.37. The minimum absolute atomic E-state index is 0.122. The fourth-order valence-corrected chi connectivity index (χ4v) is 4.37. The highest BCUT2D eigenvalue weighted by Crippen LogP contribution is 2.27. The highest BCUT2D eigenvalue weighted by Gasteiger charge is 2.25. The van der Waals surface area contributed by atoms with Crippen LogP contribution < -0.4 is 5.32 Å². The fraction of sp³-hybridized carbons (Fsp3) is 0.346. The molecule has 0 bridgehead atoms. The molecule has 32 heavy (non-hydrogen) atoms. The Labute approximate surface area is 188 Å². The first-order valence-corrected chi connectivity index (χ1v) is 11.1. The van der Waals surface area contributed by atoms with Gasteiger partial charge in [-0.2, -0.15) is 0 Å². The van der Waals surface area contributed by atoms with Crippen LogP contribution in [0.3, 0.4) is 0 Å². The number of hydrogen-bond acceptors (Lipinski definition) is 4. The Morgan fingerprint density at radius 2 is 1.75 bits per heavy atom. The summed E-state index contributed by atoms with van der Waals surface area (Å²) in [5.74, 6) is 0.421. The topological polar surface area (TPSA) is 58.1 Å². The minimum Gasteiger partial charge on any atom is -0.323 e. The van der Waals surface area contributed by atoms with E-state index >= 15 is 0 Å². The van der Waals surface area contributed by atoms with Crippen molar-refractivity contribution < 1.29 is 9.18 Å². The Kier molecular flexibility index (Phi) is 6.90. The van der Waals surface area contributed by atoms with Gasteiger partial charge in [-0.05, 0) is 50.9 Å². The largest absolute Gasteiger partial charge is 0.323 e. The van der Waals surface area contributed by atoms with Crippen LogP contribution in [0.25, 0.3) is 0 Å². The Balaban J connectivity index is 1.44. The van der Waals surface area contributed by atoms with Gasteiger partial charge in [-0.1, -0.05) is 42.5 Å². The number of likely N-dealkylation sites (tertiary alicyclic amines) is 1. The molecule has 6 heteroatoms. The molecule has 1 fully saturated rings. The molecule has 0 aliphatic carbocycles. The van der Waals surface area contributed by atoms with Crippen LogP contribution in [0.15, 0.2) is 54.6 Å². The summed E-state index contributed by atoms with van der Waals surface area (Å²) in [6.07, 6.45) is 2.31. The van der Waals surface area contributed by atoms with Gasteiger partial charge in [-0.25, -0.2) is 14.4 Å². The van der Waals surface area contributed by atoms with Crippen molar-refractivity contribution in [2.45, 2.75) is 45.6 Å². The van der Waals surface area contributed by atoms with E-state index in [1.54, 1.807) is 18.2 Å². The number of aryl methyl sites for hydroxylation is 2. The summed E-state index contributed by atoms with van der Waals surface area (Å²) in [6.45, 7) is 6.80. The quantitative estimate of drug-likeness (QED) is 0.608. The van der Waals surface area contributed by atoms with Crippen LogP contribution in [-0.2, 0) is 17.8 Å². The Morgan fingerprint density at radius 1 is 1.06 bits per heavy atom. The van der Waals surface area contributed by atoms with Gasteiger partial charge in [0.1, 0.15) is 11.6 Å². The van der Waals surface area contributed by atoms with Gasteiger partial charge in [0.25, 0.3) is 0 Å². The summed E-state index contributed by atoms with van der Waals surface area (Å²) in [7, 11) is 0. The lowest BCUT2D eigenvalue weighted by molar-refractivity contribution is -0.115. The van der Waals surface area contributed by atoms with E-state index in [9.17, 15) is 9.18 Å². The lowest BCUT2D eigenvalue weighted by atomic mass is 9.96. The zero-order valence-electron chi connectivity index (χ0n) is 18.6. The van der Waals surface area contributed by atoms with E-state index in [4.69, 9.17) is 9.97 Å². The smallest absolute Gasteiger partial charge is 0.229 e. The molecule has 0 saturated carbocycles. The predicted octanol–water partition coefficient (Wildman–Crippen LogP) is 4.79. The van der Waals surface area contributed by atoms with Gasteiger partial charge in [-0.3, -0.25) is 9.69 Å². The van der Waals surface area contributed by atoms with E-state index in [0.717, 1.165) is 55.3 Å². The molecule has 2 heterocycles. The second kappa shape index (κ2) is 10.0. The molecular weight excluding hydrogens is 403 g/mol. The number of amides is 1. The molecule has 0 radical (unpaired) electrons. The summed E-state index contributed by atoms with van der Waals surface area (Å²) in [5.41, 5.74) is 3.94. The van der Waals surface area contributed by atoms with Crippen molar-refractivity contribution in [2.24, 2.45) is 0 Å². The van der Waals surface area contributed by atoms with Crippen molar-refractivity contribution in [3.8, 4) is 0 Å². The monoisotopic (exact) mass is 432 g/mol. The molecule has 4 rings (SSSR count). The van der Waals surface area contributed by atoms with Gasteiger partial charge >= 0.3 is 0 Å². The van der Waals surface area contributed by atoms with Crippen LogP contribution in [-0.4, -0.2) is 33.9 Å². The minimum atomic E-state index is -0.446. The number of carbonyl (C=O) groups is 1. The summed E-state index contributed by atoms with van der Waals surface area (Å²) in [5, 5.41) is 2.64. The molecule has 1 aliphatic heterocycles. The third-order valence-corrected chi connectivity index (χ3v) is 6.04. The van der Waals surface area contributed by atoms with E-state index in [0.29, 0.717) is 0 Å². The molecule has 1 amide bonds. The maximum absolute atomic E-state index is 13.8. The zero-order chi connectivity index (χ0) is 22.5. The number of nitrogens with one attached hydrogen (secondary N) is 1. The van der Waals surface area contributed by atoms with E-state index in [1.165, 1.54) is 11.6 Å². The summed E-state index contributed by atoms with van der Waals surface area (Å²) < 4.78 is 13.8. The number of hydrogen-bond donors (Lipinski definition) is 1. The average Bonchev–Trinajstić information content (AvgIpc) is 2.78. The Hall–Kier alpha value is -3.12. The molecule has 1 aromatic heterocycles. The van der Waals surface area contributed by atoms with Gasteiger partial charge in [0.05, 0.1) is 12.1 Å². The van der Waals surface area contributed by atoms with Crippen molar-refractivity contribution in [2.75, 3.05) is 18.4 Å². The molecule has 0 spiro atoms. The maximum atomic E-state index is 13.8. The van der Waals surface area contributed by atoms with Crippen LogP contribution in [0.5, 0.6) is 0 Å². The molecule has 1 aliphatic rings. The lowest BCUT2D eigenvalue weighted by Crippen LogP contribution is -2.34. The Morgan fingerprint density at radius 3 is 2.47 bits per heavy atom. The highest BCUT2D eigenvalue weighted by molar-refractivity contribution is 5.92. The number of anilines is 1. The van der Waals surface area contributed by atoms with Gasteiger partial charge in [0.2, 0.25) is 5.91 Å². The third-order valence-electron chi connectivity index (χ3n) is 6.04. The SMILES string of the molecule is Cc1nc(C2CCCN(Cc3ccccc3)C2)nc(C)c1CC(=O)Nc1ccccc1F. The zero-order valence-corrected chi connectivity index (χ0v) is 18.6. The second-order valence-corrected chi connectivity index (χ2v) is 8.50. The Bertz CT molecular complexity index is 1060. The first-order valence-electron chi connectivity index (χ1n) is 11.1. The van der Waals surface area contributed by atoms with Crippen LogP contribution >= 0.6 is 0 Å². The molecule has 1 atom stereocenters. The second-order valence-electron chi connectivity index (χ2n) is 8.50. The van der Waals surface area contributed by atoms with Gasteiger partial charge in [-0.15, -0.1) is 0 Å². The summed E-state index contributed by atoms with van der Waals surface area (Å²) in [6, 6.07) is 16.7. The van der Waals surface area contributed by atoms with Crippen LogP contribution in [0.2, 0.25) is 0 Å². The summed E-state index contributed by atoms with van der Waals surface area (Å²) in [4.78, 5) is 24.5. The van der Waals surface area contributed by atoms with Gasteiger partial charge in [0.15, 0.2) is 0 Å². The van der Waals surface area contributed by atoms with Crippen LogP contribution in [0.4, 0.5) is 10.1 Å². The van der Waals surface area contributed by atoms with Crippen molar-refractivity contribution in [3.63, 3.8) is 0 Å². The number of halogens is 1. The number of carbonyl (C=O) groups excluding carboxylic acids is 1. The predicted molar refractivity (Wildman–Crippen MR) is 124 cm³/mol. The summed E-state index contributed by atoms with van der Waals surface area (Å²) >= 11 is 0. The molecule has 1 unspecified atom stereocenters. The third kappa shape index (κ3) is 5.37. The van der Waals surface area contributed by atoms with Gasteiger partial charge in [0, 0.05) is 36.0 Å². The number of nitrogens with zero attached hydrogens (tertiary/aromatic N) is 3. The van der Waals surface area contributed by atoms with Crippen LogP contribution in [0.1, 0.15) is 47.1 Å². The van der Waals surface area contributed by atoms with Crippen molar-refractivity contribution in [1.82, 2.24) is 14.9 Å². The molecular formula is C26H29FN4O. The maximum Gasteiger partial charge on any atom is 0.229 e. The number of aromatic nitrogens is 2. The molecule has 166 valence electrons. The highest BCUT2D eigenvalue weighted by atomic mass is 19.1. The van der Waals surface area contributed by atoms with Gasteiger partial charge < -0.3 is 5.32 Å². The molecule has 1 saturated heterocycles. The molecule has 2 aromatic carbocycles. The number of piperidine rings is 1. The van der Waals surface area contributed by atoms with E-state index in [1.807, 2.05) is 19.9 Å². The average molecular weight is 433 g/mol. The van der Waals surface area contributed by atoms with Crippen molar-refractivity contribution in [1.29, 1.82) is 0 Å². The molecule has 5 nitrogen and oxygen atoms in total.